The zero-order valence-corrected chi connectivity index (χ0v) is 11.6. The average molecular weight is 257 g/mol. The normalized spacial score (nSPS) is 24.8. The molecule has 1 N–H and O–H groups in total. The lowest BCUT2D eigenvalue weighted by atomic mass is 9.84. The standard InChI is InChI=1S/C13H23NO4/c1-5-9-6-7-14(8-10(9)11(15)16)12(17)18-13(2,3)4/h9-10H,5-8H2,1-4H3,(H,15,16)/t9-,10+/m1/s1. The monoisotopic (exact) mass is 257 g/mol. The van der Waals surface area contributed by atoms with Gasteiger partial charge in [0.05, 0.1) is 5.92 Å². The smallest absolute Gasteiger partial charge is 0.410 e. The van der Waals surface area contributed by atoms with Crippen molar-refractivity contribution in [2.24, 2.45) is 11.8 Å². The summed E-state index contributed by atoms with van der Waals surface area (Å²) < 4.78 is 5.27. The maximum absolute atomic E-state index is 11.9. The van der Waals surface area contributed by atoms with Gasteiger partial charge in [-0.2, -0.15) is 0 Å². The van der Waals surface area contributed by atoms with Crippen molar-refractivity contribution < 1.29 is 19.4 Å². The quantitative estimate of drug-likeness (QED) is 0.824. The van der Waals surface area contributed by atoms with Crippen molar-refractivity contribution in [2.75, 3.05) is 13.1 Å². The summed E-state index contributed by atoms with van der Waals surface area (Å²) in [4.78, 5) is 24.6. The SMILES string of the molecule is CC[C@@H]1CCN(C(=O)OC(C)(C)C)C[C@@H]1C(=O)O. The summed E-state index contributed by atoms with van der Waals surface area (Å²) >= 11 is 0. The van der Waals surface area contributed by atoms with Gasteiger partial charge in [-0.15, -0.1) is 0 Å². The van der Waals surface area contributed by atoms with Gasteiger partial charge in [-0.25, -0.2) is 4.79 Å². The highest BCUT2D eigenvalue weighted by Gasteiger charge is 2.36. The molecule has 0 bridgehead atoms. The van der Waals surface area contributed by atoms with E-state index in [1.54, 1.807) is 20.8 Å². The number of rotatable bonds is 2. The van der Waals surface area contributed by atoms with Crippen molar-refractivity contribution in [1.82, 2.24) is 4.90 Å². The molecular formula is C13H23NO4. The Labute approximate surface area is 108 Å². The van der Waals surface area contributed by atoms with Crippen LogP contribution in [0.4, 0.5) is 4.79 Å². The molecule has 1 heterocycles. The second-order valence-electron chi connectivity index (χ2n) is 5.83. The fourth-order valence-corrected chi connectivity index (χ4v) is 2.26. The van der Waals surface area contributed by atoms with E-state index in [-0.39, 0.29) is 12.5 Å². The topological polar surface area (TPSA) is 66.8 Å². The molecule has 1 aliphatic heterocycles. The number of hydrogen-bond acceptors (Lipinski definition) is 3. The van der Waals surface area contributed by atoms with E-state index in [0.29, 0.717) is 6.54 Å². The number of carbonyl (C=O) groups is 2. The average Bonchev–Trinajstić information content (AvgIpc) is 2.25. The molecule has 5 nitrogen and oxygen atoms in total. The van der Waals surface area contributed by atoms with Crippen LogP contribution in [-0.2, 0) is 9.53 Å². The first-order valence-corrected chi connectivity index (χ1v) is 6.45. The first-order chi connectivity index (χ1) is 8.24. The van der Waals surface area contributed by atoms with Gasteiger partial charge in [-0.3, -0.25) is 4.79 Å². The van der Waals surface area contributed by atoms with Gasteiger partial charge < -0.3 is 14.7 Å². The van der Waals surface area contributed by atoms with E-state index in [1.165, 1.54) is 4.90 Å². The number of ether oxygens (including phenoxy) is 1. The molecule has 2 atom stereocenters. The van der Waals surface area contributed by atoms with E-state index in [4.69, 9.17) is 4.74 Å². The summed E-state index contributed by atoms with van der Waals surface area (Å²) in [7, 11) is 0. The van der Waals surface area contributed by atoms with Gasteiger partial charge in [-0.1, -0.05) is 13.3 Å². The Morgan fingerprint density at radius 3 is 2.44 bits per heavy atom. The van der Waals surface area contributed by atoms with Crippen LogP contribution in [0.2, 0.25) is 0 Å². The molecule has 5 heteroatoms. The molecule has 0 saturated carbocycles. The molecule has 0 aliphatic carbocycles. The maximum atomic E-state index is 11.9. The lowest BCUT2D eigenvalue weighted by Crippen LogP contribution is -2.48. The third-order valence-corrected chi connectivity index (χ3v) is 3.25. The molecule has 18 heavy (non-hydrogen) atoms. The summed E-state index contributed by atoms with van der Waals surface area (Å²) in [5.41, 5.74) is -0.544. The minimum atomic E-state index is -0.824. The molecule has 0 unspecified atom stereocenters. The Kier molecular flexibility index (Phi) is 4.59. The fourth-order valence-electron chi connectivity index (χ4n) is 2.26. The largest absolute Gasteiger partial charge is 0.481 e. The van der Waals surface area contributed by atoms with Crippen LogP contribution in [0.5, 0.6) is 0 Å². The predicted molar refractivity (Wildman–Crippen MR) is 67.3 cm³/mol. The number of likely N-dealkylation sites (tertiary alicyclic amines) is 1. The van der Waals surface area contributed by atoms with E-state index in [2.05, 4.69) is 0 Å². The van der Waals surface area contributed by atoms with E-state index in [9.17, 15) is 14.7 Å². The Hall–Kier alpha value is -1.26. The molecule has 0 spiro atoms. The van der Waals surface area contributed by atoms with Crippen LogP contribution < -0.4 is 0 Å². The van der Waals surface area contributed by atoms with Crippen molar-refractivity contribution in [1.29, 1.82) is 0 Å². The van der Waals surface area contributed by atoms with Gasteiger partial charge >= 0.3 is 12.1 Å². The number of aliphatic carboxylic acids is 1. The minimum Gasteiger partial charge on any atom is -0.481 e. The lowest BCUT2D eigenvalue weighted by Gasteiger charge is -2.36. The van der Waals surface area contributed by atoms with Crippen LogP contribution in [0.15, 0.2) is 0 Å². The van der Waals surface area contributed by atoms with Crippen LogP contribution >= 0.6 is 0 Å². The molecule has 104 valence electrons. The summed E-state index contributed by atoms with van der Waals surface area (Å²) in [5, 5.41) is 9.19. The van der Waals surface area contributed by atoms with E-state index >= 15 is 0 Å². The zero-order valence-electron chi connectivity index (χ0n) is 11.6. The minimum absolute atomic E-state index is 0.154. The number of nitrogens with zero attached hydrogens (tertiary/aromatic N) is 1. The van der Waals surface area contributed by atoms with Gasteiger partial charge in [0.25, 0.3) is 0 Å². The summed E-state index contributed by atoms with van der Waals surface area (Å²) in [6.45, 7) is 8.23. The summed E-state index contributed by atoms with van der Waals surface area (Å²) in [5.74, 6) is -1.15. The number of carboxylic acids is 1. The lowest BCUT2D eigenvalue weighted by molar-refractivity contribution is -0.145. The zero-order chi connectivity index (χ0) is 13.9. The highest BCUT2D eigenvalue weighted by molar-refractivity contribution is 5.73. The van der Waals surface area contributed by atoms with E-state index in [1.807, 2.05) is 6.92 Å². The van der Waals surface area contributed by atoms with Gasteiger partial charge in [0.15, 0.2) is 0 Å². The number of piperidine rings is 1. The van der Waals surface area contributed by atoms with Crippen molar-refractivity contribution >= 4 is 12.1 Å². The molecule has 1 fully saturated rings. The third-order valence-electron chi connectivity index (χ3n) is 3.25. The van der Waals surface area contributed by atoms with Gasteiger partial charge in [0.1, 0.15) is 5.60 Å². The highest BCUT2D eigenvalue weighted by Crippen LogP contribution is 2.27. The van der Waals surface area contributed by atoms with Crippen LogP contribution in [0.3, 0.4) is 0 Å². The number of carbonyl (C=O) groups excluding carboxylic acids is 1. The van der Waals surface area contributed by atoms with Crippen LogP contribution in [0.1, 0.15) is 40.5 Å². The Morgan fingerprint density at radius 1 is 1.39 bits per heavy atom. The second-order valence-corrected chi connectivity index (χ2v) is 5.83. The van der Waals surface area contributed by atoms with Crippen molar-refractivity contribution in [3.8, 4) is 0 Å². The number of carboxylic acid groups (broad SMARTS) is 1. The molecule has 0 aromatic carbocycles. The Bertz CT molecular complexity index is 321. The molecule has 0 aromatic rings. The molecular weight excluding hydrogens is 234 g/mol. The molecule has 0 aromatic heterocycles. The number of amides is 1. The summed E-state index contributed by atoms with van der Waals surface area (Å²) in [6, 6.07) is 0. The maximum Gasteiger partial charge on any atom is 0.410 e. The summed E-state index contributed by atoms with van der Waals surface area (Å²) in [6.07, 6.45) is 1.15. The predicted octanol–water partition coefficient (Wildman–Crippen LogP) is 2.35. The van der Waals surface area contributed by atoms with Crippen molar-refractivity contribution in [2.45, 2.75) is 46.1 Å². The first kappa shape index (κ1) is 14.8. The Morgan fingerprint density at radius 2 is 2.00 bits per heavy atom. The molecule has 1 aliphatic rings. The fraction of sp³-hybridized carbons (Fsp3) is 0.846. The van der Waals surface area contributed by atoms with Crippen LogP contribution in [0, 0.1) is 11.8 Å². The molecule has 1 amide bonds. The molecule has 0 radical (unpaired) electrons. The Balaban J connectivity index is 2.65. The van der Waals surface area contributed by atoms with Gasteiger partial charge in [0.2, 0.25) is 0 Å². The van der Waals surface area contributed by atoms with E-state index < -0.39 is 23.6 Å². The van der Waals surface area contributed by atoms with Crippen LogP contribution in [0.25, 0.3) is 0 Å². The third kappa shape index (κ3) is 3.89. The van der Waals surface area contributed by atoms with Crippen LogP contribution in [-0.4, -0.2) is 40.8 Å². The van der Waals surface area contributed by atoms with Gasteiger partial charge in [-0.05, 0) is 33.1 Å². The molecule has 1 saturated heterocycles. The first-order valence-electron chi connectivity index (χ1n) is 6.45. The second kappa shape index (κ2) is 5.59. The molecule has 1 rings (SSSR count). The van der Waals surface area contributed by atoms with E-state index in [0.717, 1.165) is 12.8 Å². The number of hydrogen-bond donors (Lipinski definition) is 1. The van der Waals surface area contributed by atoms with Crippen molar-refractivity contribution in [3.05, 3.63) is 0 Å². The van der Waals surface area contributed by atoms with Gasteiger partial charge in [0, 0.05) is 13.1 Å². The highest BCUT2D eigenvalue weighted by atomic mass is 16.6. The van der Waals surface area contributed by atoms with Crippen molar-refractivity contribution in [3.63, 3.8) is 0 Å².